The topological polar surface area (TPSA) is 40.5 Å². The summed E-state index contributed by atoms with van der Waals surface area (Å²) in [6, 6.07) is 7.03. The number of benzene rings is 1. The molecule has 2 rings (SSSR count). The molecule has 1 fully saturated rings. The first-order valence-electron chi connectivity index (χ1n) is 7.25. The minimum Gasteiger partial charge on any atom is -0.481 e. The van der Waals surface area contributed by atoms with E-state index in [1.807, 2.05) is 6.07 Å². The summed E-state index contributed by atoms with van der Waals surface area (Å²) in [6.45, 7) is 3.98. The molecule has 2 atom stereocenters. The van der Waals surface area contributed by atoms with Gasteiger partial charge in [0.25, 0.3) is 0 Å². The molecule has 1 aromatic carbocycles. The molecule has 2 unspecified atom stereocenters. The van der Waals surface area contributed by atoms with Crippen LogP contribution in [0.25, 0.3) is 0 Å². The average Bonchev–Trinajstić information content (AvgIpc) is 2.38. The van der Waals surface area contributed by atoms with Gasteiger partial charge in [-0.15, -0.1) is 0 Å². The SMILES string of the molecule is CC(Cc1cccc(F)c1)N1CCCC(CC(=O)O)C1. The fraction of sp³-hybridized carbons (Fsp3) is 0.562. The number of carbonyl (C=O) groups is 1. The van der Waals surface area contributed by atoms with Gasteiger partial charge in [-0.05, 0) is 56.3 Å². The predicted octanol–water partition coefficient (Wildman–Crippen LogP) is 2.94. The van der Waals surface area contributed by atoms with E-state index in [9.17, 15) is 9.18 Å². The molecular formula is C16H22FNO2. The van der Waals surface area contributed by atoms with Crippen LogP contribution < -0.4 is 0 Å². The summed E-state index contributed by atoms with van der Waals surface area (Å²) in [4.78, 5) is 13.1. The molecule has 20 heavy (non-hydrogen) atoms. The second-order valence-corrected chi connectivity index (χ2v) is 5.78. The summed E-state index contributed by atoms with van der Waals surface area (Å²) in [6.07, 6.45) is 3.10. The molecule has 0 saturated carbocycles. The Kier molecular flexibility index (Phi) is 5.12. The predicted molar refractivity (Wildman–Crippen MR) is 76.1 cm³/mol. The third-order valence-corrected chi connectivity index (χ3v) is 4.06. The normalized spacial score (nSPS) is 21.6. The lowest BCUT2D eigenvalue weighted by atomic mass is 9.93. The number of piperidine rings is 1. The summed E-state index contributed by atoms with van der Waals surface area (Å²) < 4.78 is 13.2. The highest BCUT2D eigenvalue weighted by Crippen LogP contribution is 2.22. The Morgan fingerprint density at radius 3 is 3.05 bits per heavy atom. The molecule has 0 bridgehead atoms. The zero-order valence-electron chi connectivity index (χ0n) is 11.9. The number of halogens is 1. The van der Waals surface area contributed by atoms with Gasteiger partial charge in [-0.1, -0.05) is 12.1 Å². The maximum Gasteiger partial charge on any atom is 0.303 e. The van der Waals surface area contributed by atoms with Crippen LogP contribution in [0.3, 0.4) is 0 Å². The molecule has 0 aliphatic carbocycles. The van der Waals surface area contributed by atoms with Crippen LogP contribution in [0.4, 0.5) is 4.39 Å². The molecule has 1 heterocycles. The van der Waals surface area contributed by atoms with Crippen molar-refractivity contribution < 1.29 is 14.3 Å². The van der Waals surface area contributed by atoms with Crippen molar-refractivity contribution in [3.05, 3.63) is 35.6 Å². The van der Waals surface area contributed by atoms with Crippen molar-refractivity contribution in [3.63, 3.8) is 0 Å². The lowest BCUT2D eigenvalue weighted by Crippen LogP contribution is -2.42. The van der Waals surface area contributed by atoms with Crippen molar-refractivity contribution in [1.82, 2.24) is 4.90 Å². The summed E-state index contributed by atoms with van der Waals surface area (Å²) in [7, 11) is 0. The Labute approximate surface area is 119 Å². The van der Waals surface area contributed by atoms with E-state index in [1.54, 1.807) is 12.1 Å². The fourth-order valence-electron chi connectivity index (χ4n) is 3.05. The Morgan fingerprint density at radius 1 is 1.55 bits per heavy atom. The van der Waals surface area contributed by atoms with Gasteiger partial charge < -0.3 is 10.0 Å². The van der Waals surface area contributed by atoms with E-state index in [1.165, 1.54) is 6.07 Å². The Morgan fingerprint density at radius 2 is 2.35 bits per heavy atom. The second-order valence-electron chi connectivity index (χ2n) is 5.78. The van der Waals surface area contributed by atoms with Gasteiger partial charge in [0.05, 0.1) is 0 Å². The molecule has 1 N–H and O–H groups in total. The van der Waals surface area contributed by atoms with E-state index >= 15 is 0 Å². The number of carboxylic acids is 1. The minimum absolute atomic E-state index is 0.197. The van der Waals surface area contributed by atoms with Crippen LogP contribution in [0, 0.1) is 11.7 Å². The molecule has 3 nitrogen and oxygen atoms in total. The standard InChI is InChI=1S/C16H22FNO2/c1-12(8-13-4-2-6-15(17)9-13)18-7-3-5-14(11-18)10-16(19)20/h2,4,6,9,12,14H,3,5,7-8,10-11H2,1H3,(H,19,20). The zero-order valence-corrected chi connectivity index (χ0v) is 11.9. The van der Waals surface area contributed by atoms with Gasteiger partial charge in [-0.3, -0.25) is 4.79 Å². The zero-order chi connectivity index (χ0) is 14.5. The van der Waals surface area contributed by atoms with Gasteiger partial charge in [0.2, 0.25) is 0 Å². The van der Waals surface area contributed by atoms with Gasteiger partial charge in [-0.2, -0.15) is 0 Å². The molecule has 0 amide bonds. The van der Waals surface area contributed by atoms with Crippen LogP contribution in [0.1, 0.15) is 31.7 Å². The van der Waals surface area contributed by atoms with E-state index in [0.717, 1.165) is 37.9 Å². The highest BCUT2D eigenvalue weighted by molar-refractivity contribution is 5.67. The third kappa shape index (κ3) is 4.30. The van der Waals surface area contributed by atoms with E-state index in [4.69, 9.17) is 5.11 Å². The van der Waals surface area contributed by atoms with Gasteiger partial charge in [0, 0.05) is 19.0 Å². The summed E-state index contributed by atoms with van der Waals surface area (Å²) in [5, 5.41) is 8.90. The first-order valence-corrected chi connectivity index (χ1v) is 7.25. The summed E-state index contributed by atoms with van der Waals surface area (Å²) in [5.74, 6) is -0.664. The van der Waals surface area contributed by atoms with Crippen molar-refractivity contribution in [2.45, 2.75) is 38.6 Å². The lowest BCUT2D eigenvalue weighted by Gasteiger charge is -2.36. The van der Waals surface area contributed by atoms with E-state index in [0.29, 0.717) is 6.04 Å². The first kappa shape index (κ1) is 15.0. The van der Waals surface area contributed by atoms with Gasteiger partial charge in [0.15, 0.2) is 0 Å². The Hall–Kier alpha value is -1.42. The molecular weight excluding hydrogens is 257 g/mol. The van der Waals surface area contributed by atoms with Gasteiger partial charge in [0.1, 0.15) is 5.82 Å². The van der Waals surface area contributed by atoms with Crippen LogP contribution >= 0.6 is 0 Å². The van der Waals surface area contributed by atoms with Crippen molar-refractivity contribution in [2.24, 2.45) is 5.92 Å². The van der Waals surface area contributed by atoms with Crippen molar-refractivity contribution in [2.75, 3.05) is 13.1 Å². The maximum atomic E-state index is 13.2. The molecule has 110 valence electrons. The average molecular weight is 279 g/mol. The molecule has 4 heteroatoms. The highest BCUT2D eigenvalue weighted by atomic mass is 19.1. The van der Waals surface area contributed by atoms with Gasteiger partial charge in [-0.25, -0.2) is 4.39 Å². The van der Waals surface area contributed by atoms with Crippen LogP contribution in [-0.2, 0) is 11.2 Å². The van der Waals surface area contributed by atoms with E-state index < -0.39 is 5.97 Å². The molecule has 0 aromatic heterocycles. The van der Waals surface area contributed by atoms with Gasteiger partial charge >= 0.3 is 5.97 Å². The van der Waals surface area contributed by atoms with Crippen molar-refractivity contribution >= 4 is 5.97 Å². The fourth-order valence-corrected chi connectivity index (χ4v) is 3.05. The van der Waals surface area contributed by atoms with E-state index in [-0.39, 0.29) is 18.2 Å². The van der Waals surface area contributed by atoms with Crippen LogP contribution in [-0.4, -0.2) is 35.1 Å². The number of aliphatic carboxylic acids is 1. The molecule has 0 radical (unpaired) electrons. The minimum atomic E-state index is -0.713. The highest BCUT2D eigenvalue weighted by Gasteiger charge is 2.25. The van der Waals surface area contributed by atoms with Crippen LogP contribution in [0.2, 0.25) is 0 Å². The van der Waals surface area contributed by atoms with Crippen LogP contribution in [0.5, 0.6) is 0 Å². The summed E-state index contributed by atoms with van der Waals surface area (Å²) in [5.41, 5.74) is 0.998. The quantitative estimate of drug-likeness (QED) is 0.901. The molecule has 1 aromatic rings. The number of nitrogens with zero attached hydrogens (tertiary/aromatic N) is 1. The van der Waals surface area contributed by atoms with E-state index in [2.05, 4.69) is 11.8 Å². The second kappa shape index (κ2) is 6.84. The first-order chi connectivity index (χ1) is 9.54. The van der Waals surface area contributed by atoms with Crippen molar-refractivity contribution in [3.8, 4) is 0 Å². The molecule has 1 aliphatic rings. The molecule has 1 saturated heterocycles. The number of carboxylic acid groups (broad SMARTS) is 1. The maximum absolute atomic E-state index is 13.2. The molecule has 0 spiro atoms. The van der Waals surface area contributed by atoms with Crippen molar-refractivity contribution in [1.29, 1.82) is 0 Å². The summed E-state index contributed by atoms with van der Waals surface area (Å²) >= 11 is 0. The third-order valence-electron chi connectivity index (χ3n) is 4.06. The number of hydrogen-bond donors (Lipinski definition) is 1. The monoisotopic (exact) mass is 279 g/mol. The number of rotatable bonds is 5. The lowest BCUT2D eigenvalue weighted by molar-refractivity contribution is -0.138. The Bertz CT molecular complexity index is 464. The van der Waals surface area contributed by atoms with Crippen LogP contribution in [0.15, 0.2) is 24.3 Å². The smallest absolute Gasteiger partial charge is 0.303 e. The molecule has 1 aliphatic heterocycles. The number of hydrogen-bond acceptors (Lipinski definition) is 2. The largest absolute Gasteiger partial charge is 0.481 e. The Balaban J connectivity index is 1.91. The number of likely N-dealkylation sites (tertiary alicyclic amines) is 1.